The Hall–Kier alpha value is -2.40. The van der Waals surface area contributed by atoms with Crippen LogP contribution in [0.15, 0.2) is 42.6 Å². The molecule has 2 heterocycles. The third-order valence-electron chi connectivity index (χ3n) is 5.20. The van der Waals surface area contributed by atoms with Crippen molar-refractivity contribution in [3.05, 3.63) is 53.9 Å². The van der Waals surface area contributed by atoms with Crippen LogP contribution in [0.5, 0.6) is 11.5 Å². The second-order valence-electron chi connectivity index (χ2n) is 7.02. The Morgan fingerprint density at radius 1 is 1.19 bits per heavy atom. The summed E-state index contributed by atoms with van der Waals surface area (Å²) in [6.45, 7) is 2.43. The minimum Gasteiger partial charge on any atom is -0.493 e. The smallest absolute Gasteiger partial charge is 0.183 e. The van der Waals surface area contributed by atoms with Gasteiger partial charge in [-0.2, -0.15) is 0 Å². The largest absolute Gasteiger partial charge is 0.493 e. The van der Waals surface area contributed by atoms with E-state index < -0.39 is 0 Å². The maximum atomic E-state index is 12.7. The highest BCUT2D eigenvalue weighted by Crippen LogP contribution is 2.31. The van der Waals surface area contributed by atoms with Gasteiger partial charge in [-0.15, -0.1) is 0 Å². The molecule has 0 saturated carbocycles. The average Bonchev–Trinajstić information content (AvgIpc) is 2.72. The van der Waals surface area contributed by atoms with Gasteiger partial charge in [0.15, 0.2) is 11.5 Å². The molecule has 5 nitrogen and oxygen atoms in total. The first kappa shape index (κ1) is 19.4. The number of Topliss-reactive ketones (excluding diaryl/α,β-unsaturated/α-hetero) is 1. The van der Waals surface area contributed by atoms with Crippen molar-refractivity contribution in [1.29, 1.82) is 0 Å². The maximum Gasteiger partial charge on any atom is 0.183 e. The first-order chi connectivity index (χ1) is 13.2. The predicted octanol–water partition coefficient (Wildman–Crippen LogP) is 3.51. The van der Waals surface area contributed by atoms with Gasteiger partial charge in [-0.3, -0.25) is 14.7 Å². The van der Waals surface area contributed by atoms with Crippen molar-refractivity contribution in [3.8, 4) is 11.5 Å². The van der Waals surface area contributed by atoms with Crippen LogP contribution in [0.3, 0.4) is 0 Å². The Morgan fingerprint density at radius 3 is 2.74 bits per heavy atom. The Labute approximate surface area is 161 Å². The van der Waals surface area contributed by atoms with Crippen molar-refractivity contribution >= 4 is 5.78 Å². The molecule has 1 aromatic carbocycles. The normalized spacial score (nSPS) is 17.5. The fourth-order valence-corrected chi connectivity index (χ4v) is 3.75. The summed E-state index contributed by atoms with van der Waals surface area (Å²) in [7, 11) is 3.26. The standard InChI is InChI=1S/C22H28N2O3/c1-26-21-12-13-23-19(22(21)27-2)16-24-14-6-9-18(15-24)20(25)11-10-17-7-4-3-5-8-17/h3-5,7-8,12-13,18H,6,9-11,14-16H2,1-2H3/t18-/m0/s1. The lowest BCUT2D eigenvalue weighted by Gasteiger charge is -2.32. The number of pyridine rings is 1. The number of piperidine rings is 1. The van der Waals surface area contributed by atoms with Crippen molar-refractivity contribution in [2.24, 2.45) is 5.92 Å². The van der Waals surface area contributed by atoms with E-state index in [2.05, 4.69) is 22.0 Å². The zero-order chi connectivity index (χ0) is 19.1. The number of aromatic nitrogens is 1. The van der Waals surface area contributed by atoms with Crippen LogP contribution in [0.2, 0.25) is 0 Å². The van der Waals surface area contributed by atoms with E-state index in [0.717, 1.165) is 38.0 Å². The summed E-state index contributed by atoms with van der Waals surface area (Å²) < 4.78 is 10.9. The number of ketones is 1. The highest BCUT2D eigenvalue weighted by atomic mass is 16.5. The molecule has 1 aromatic heterocycles. The van der Waals surface area contributed by atoms with Crippen molar-refractivity contribution < 1.29 is 14.3 Å². The Bertz CT molecular complexity index is 748. The van der Waals surface area contributed by atoms with Crippen LogP contribution in [0.25, 0.3) is 0 Å². The van der Waals surface area contributed by atoms with Gasteiger partial charge >= 0.3 is 0 Å². The van der Waals surface area contributed by atoms with Gasteiger partial charge in [0.1, 0.15) is 11.5 Å². The van der Waals surface area contributed by atoms with E-state index in [-0.39, 0.29) is 5.92 Å². The molecule has 1 aliphatic rings. The third kappa shape index (κ3) is 5.07. The molecular weight excluding hydrogens is 340 g/mol. The number of benzene rings is 1. The first-order valence-electron chi connectivity index (χ1n) is 9.56. The lowest BCUT2D eigenvalue weighted by atomic mass is 9.90. The van der Waals surface area contributed by atoms with Crippen LogP contribution in [-0.4, -0.2) is 43.0 Å². The summed E-state index contributed by atoms with van der Waals surface area (Å²) in [5.74, 6) is 1.85. The lowest BCUT2D eigenvalue weighted by Crippen LogP contribution is -2.38. The number of methoxy groups -OCH3 is 2. The number of hydrogen-bond acceptors (Lipinski definition) is 5. The van der Waals surface area contributed by atoms with Crippen molar-refractivity contribution in [1.82, 2.24) is 9.88 Å². The minimum absolute atomic E-state index is 0.110. The second kappa shape index (κ2) is 9.51. The molecule has 0 aliphatic carbocycles. The zero-order valence-electron chi connectivity index (χ0n) is 16.2. The number of likely N-dealkylation sites (tertiary alicyclic amines) is 1. The molecule has 0 radical (unpaired) electrons. The molecule has 2 aromatic rings. The summed E-state index contributed by atoms with van der Waals surface area (Å²) in [6, 6.07) is 12.0. The fourth-order valence-electron chi connectivity index (χ4n) is 3.75. The Balaban J connectivity index is 1.58. The molecule has 3 rings (SSSR count). The highest BCUT2D eigenvalue weighted by Gasteiger charge is 2.26. The molecule has 0 amide bonds. The maximum absolute atomic E-state index is 12.7. The van der Waals surface area contributed by atoms with E-state index in [4.69, 9.17) is 9.47 Å². The van der Waals surface area contributed by atoms with Gasteiger partial charge in [-0.1, -0.05) is 30.3 Å². The SMILES string of the molecule is COc1ccnc(CN2CCC[C@H](C(=O)CCc3ccccc3)C2)c1OC. The molecule has 1 saturated heterocycles. The van der Waals surface area contributed by atoms with Gasteiger partial charge in [-0.05, 0) is 31.4 Å². The van der Waals surface area contributed by atoms with Gasteiger partial charge in [0.05, 0.1) is 14.2 Å². The van der Waals surface area contributed by atoms with Crippen LogP contribution in [0.4, 0.5) is 0 Å². The number of ether oxygens (including phenoxy) is 2. The molecular formula is C22H28N2O3. The summed E-state index contributed by atoms with van der Waals surface area (Å²) in [4.78, 5) is 19.5. The summed E-state index contributed by atoms with van der Waals surface area (Å²) in [6.07, 6.45) is 5.19. The number of carbonyl (C=O) groups excluding carboxylic acids is 1. The molecule has 0 N–H and O–H groups in total. The van der Waals surface area contributed by atoms with Crippen LogP contribution in [0.1, 0.15) is 30.5 Å². The second-order valence-corrected chi connectivity index (χ2v) is 7.02. The number of rotatable bonds is 8. The van der Waals surface area contributed by atoms with Crippen LogP contribution in [0, 0.1) is 5.92 Å². The van der Waals surface area contributed by atoms with Crippen molar-refractivity contribution in [3.63, 3.8) is 0 Å². The van der Waals surface area contributed by atoms with Crippen LogP contribution >= 0.6 is 0 Å². The topological polar surface area (TPSA) is 51.7 Å². The lowest BCUT2D eigenvalue weighted by molar-refractivity contribution is -0.124. The molecule has 1 fully saturated rings. The third-order valence-corrected chi connectivity index (χ3v) is 5.20. The molecule has 0 bridgehead atoms. The van der Waals surface area contributed by atoms with E-state index in [1.54, 1.807) is 26.5 Å². The predicted molar refractivity (Wildman–Crippen MR) is 105 cm³/mol. The Kier molecular flexibility index (Phi) is 6.82. The first-order valence-corrected chi connectivity index (χ1v) is 9.56. The van der Waals surface area contributed by atoms with Gasteiger partial charge in [0.2, 0.25) is 0 Å². The summed E-state index contributed by atoms with van der Waals surface area (Å²) in [5.41, 5.74) is 2.08. The van der Waals surface area contributed by atoms with E-state index in [1.807, 2.05) is 18.2 Å². The fraction of sp³-hybridized carbons (Fsp3) is 0.455. The van der Waals surface area contributed by atoms with Gasteiger partial charge < -0.3 is 9.47 Å². The molecule has 1 aliphatic heterocycles. The monoisotopic (exact) mass is 368 g/mol. The number of aryl methyl sites for hydroxylation is 1. The van der Waals surface area contributed by atoms with Crippen LogP contribution < -0.4 is 9.47 Å². The van der Waals surface area contributed by atoms with Gasteiger partial charge in [0, 0.05) is 37.7 Å². The molecule has 5 heteroatoms. The summed E-state index contributed by atoms with van der Waals surface area (Å²) >= 11 is 0. The molecule has 0 spiro atoms. The number of hydrogen-bond donors (Lipinski definition) is 0. The number of nitrogens with zero attached hydrogens (tertiary/aromatic N) is 2. The molecule has 27 heavy (non-hydrogen) atoms. The van der Waals surface area contributed by atoms with E-state index in [1.165, 1.54) is 5.56 Å². The van der Waals surface area contributed by atoms with Gasteiger partial charge in [0.25, 0.3) is 0 Å². The molecule has 1 atom stereocenters. The summed E-state index contributed by atoms with van der Waals surface area (Å²) in [5, 5.41) is 0. The average molecular weight is 368 g/mol. The van der Waals surface area contributed by atoms with E-state index in [9.17, 15) is 4.79 Å². The highest BCUT2D eigenvalue weighted by molar-refractivity contribution is 5.81. The van der Waals surface area contributed by atoms with E-state index in [0.29, 0.717) is 30.2 Å². The van der Waals surface area contributed by atoms with Crippen molar-refractivity contribution in [2.75, 3.05) is 27.3 Å². The van der Waals surface area contributed by atoms with Crippen LogP contribution in [-0.2, 0) is 17.8 Å². The number of carbonyl (C=O) groups is 1. The zero-order valence-corrected chi connectivity index (χ0v) is 16.2. The minimum atomic E-state index is 0.110. The molecule has 144 valence electrons. The van der Waals surface area contributed by atoms with Crippen molar-refractivity contribution in [2.45, 2.75) is 32.2 Å². The molecule has 0 unspecified atom stereocenters. The Morgan fingerprint density at radius 2 is 2.00 bits per heavy atom. The van der Waals surface area contributed by atoms with E-state index >= 15 is 0 Å². The van der Waals surface area contributed by atoms with Gasteiger partial charge in [-0.25, -0.2) is 0 Å². The quantitative estimate of drug-likeness (QED) is 0.714.